The van der Waals surface area contributed by atoms with Crippen LogP contribution in [0.1, 0.15) is 29.7 Å². The van der Waals surface area contributed by atoms with E-state index in [-0.39, 0.29) is 11.6 Å². The molecule has 0 saturated carbocycles. The number of hydrogen-bond donors (Lipinski definition) is 1. The first-order valence-corrected chi connectivity index (χ1v) is 6.89. The molecule has 1 atom stereocenters. The molecule has 0 aliphatic rings. The molecule has 1 unspecified atom stereocenters. The average molecular weight is 291 g/mol. The van der Waals surface area contributed by atoms with Crippen LogP contribution in [0.5, 0.6) is 5.75 Å². The van der Waals surface area contributed by atoms with Crippen molar-refractivity contribution in [1.82, 2.24) is 5.32 Å². The lowest BCUT2D eigenvalue weighted by Crippen LogP contribution is -2.23. The van der Waals surface area contributed by atoms with E-state index in [4.69, 9.17) is 4.74 Å². The highest BCUT2D eigenvalue weighted by molar-refractivity contribution is 5.38. The van der Waals surface area contributed by atoms with Gasteiger partial charge in [0.25, 0.3) is 0 Å². The molecule has 112 valence electrons. The number of aryl methyl sites for hydroxylation is 1. The summed E-state index contributed by atoms with van der Waals surface area (Å²) in [5.41, 5.74) is 2.03. The minimum absolute atomic E-state index is 0.179. The number of rotatable bonds is 5. The van der Waals surface area contributed by atoms with Crippen LogP contribution in [0, 0.1) is 18.6 Å². The fraction of sp³-hybridized carbons (Fsp3) is 0.294. The lowest BCUT2D eigenvalue weighted by atomic mass is 9.97. The zero-order valence-corrected chi connectivity index (χ0v) is 12.4. The maximum absolute atomic E-state index is 14.2. The first-order chi connectivity index (χ1) is 10.1. The second kappa shape index (κ2) is 6.68. The number of methoxy groups -OCH3 is 1. The van der Waals surface area contributed by atoms with Gasteiger partial charge in [-0.1, -0.05) is 25.1 Å². The van der Waals surface area contributed by atoms with E-state index in [1.807, 2.05) is 19.9 Å². The number of halogens is 2. The minimum atomic E-state index is -0.453. The van der Waals surface area contributed by atoms with Crippen LogP contribution >= 0.6 is 0 Å². The SMILES string of the molecule is CCNC(c1ccc(OC)c(F)c1)c1ccc(C)cc1F. The predicted octanol–water partition coefficient (Wildman–Crippen LogP) is 3.98. The Hall–Kier alpha value is -1.94. The molecule has 2 aromatic carbocycles. The zero-order chi connectivity index (χ0) is 15.4. The molecule has 1 N–H and O–H groups in total. The van der Waals surface area contributed by atoms with Crippen molar-refractivity contribution in [3.05, 3.63) is 64.7 Å². The third kappa shape index (κ3) is 3.39. The van der Waals surface area contributed by atoms with E-state index in [0.29, 0.717) is 17.7 Å². The molecule has 0 bridgehead atoms. The summed E-state index contributed by atoms with van der Waals surface area (Å²) < 4.78 is 33.0. The van der Waals surface area contributed by atoms with E-state index < -0.39 is 11.9 Å². The summed E-state index contributed by atoms with van der Waals surface area (Å²) in [6.07, 6.45) is 0. The van der Waals surface area contributed by atoms with Gasteiger partial charge in [-0.05, 0) is 42.8 Å². The van der Waals surface area contributed by atoms with Crippen LogP contribution in [-0.2, 0) is 0 Å². The second-order valence-corrected chi connectivity index (χ2v) is 4.91. The molecule has 0 spiro atoms. The summed E-state index contributed by atoms with van der Waals surface area (Å²) in [6, 6.07) is 9.36. The molecule has 0 radical (unpaired) electrons. The molecule has 0 aromatic heterocycles. The largest absolute Gasteiger partial charge is 0.494 e. The van der Waals surface area contributed by atoms with Crippen LogP contribution in [0.4, 0.5) is 8.78 Å². The zero-order valence-electron chi connectivity index (χ0n) is 12.4. The highest BCUT2D eigenvalue weighted by atomic mass is 19.1. The first-order valence-electron chi connectivity index (χ1n) is 6.89. The molecule has 0 aliphatic carbocycles. The number of ether oxygens (including phenoxy) is 1. The van der Waals surface area contributed by atoms with Gasteiger partial charge in [-0.3, -0.25) is 0 Å². The van der Waals surface area contributed by atoms with E-state index in [2.05, 4.69) is 5.32 Å². The number of hydrogen-bond acceptors (Lipinski definition) is 2. The maximum Gasteiger partial charge on any atom is 0.165 e. The molecule has 2 nitrogen and oxygen atoms in total. The molecule has 0 aliphatic heterocycles. The fourth-order valence-corrected chi connectivity index (χ4v) is 2.34. The van der Waals surface area contributed by atoms with E-state index in [1.54, 1.807) is 18.2 Å². The van der Waals surface area contributed by atoms with Crippen molar-refractivity contribution in [2.75, 3.05) is 13.7 Å². The Morgan fingerprint density at radius 3 is 2.43 bits per heavy atom. The van der Waals surface area contributed by atoms with E-state index in [1.165, 1.54) is 19.2 Å². The normalized spacial score (nSPS) is 12.2. The Labute approximate surface area is 123 Å². The van der Waals surface area contributed by atoms with E-state index >= 15 is 0 Å². The summed E-state index contributed by atoms with van der Waals surface area (Å²) in [7, 11) is 1.42. The summed E-state index contributed by atoms with van der Waals surface area (Å²) in [6.45, 7) is 4.41. The Bertz CT molecular complexity index is 628. The van der Waals surface area contributed by atoms with Gasteiger partial charge in [0.15, 0.2) is 11.6 Å². The molecule has 0 heterocycles. The summed E-state index contributed by atoms with van der Waals surface area (Å²) in [5, 5.41) is 3.19. The minimum Gasteiger partial charge on any atom is -0.494 e. The smallest absolute Gasteiger partial charge is 0.165 e. The summed E-state index contributed by atoms with van der Waals surface area (Å²) in [4.78, 5) is 0. The van der Waals surface area contributed by atoms with E-state index in [0.717, 1.165) is 5.56 Å². The van der Waals surface area contributed by atoms with Gasteiger partial charge in [0.1, 0.15) is 5.82 Å². The Morgan fingerprint density at radius 1 is 1.10 bits per heavy atom. The van der Waals surface area contributed by atoms with Gasteiger partial charge in [0.05, 0.1) is 13.2 Å². The monoisotopic (exact) mass is 291 g/mol. The van der Waals surface area contributed by atoms with Crippen molar-refractivity contribution >= 4 is 0 Å². The second-order valence-electron chi connectivity index (χ2n) is 4.91. The van der Waals surface area contributed by atoms with Crippen molar-refractivity contribution in [2.24, 2.45) is 0 Å². The van der Waals surface area contributed by atoms with Crippen LogP contribution in [-0.4, -0.2) is 13.7 Å². The van der Waals surface area contributed by atoms with Gasteiger partial charge in [-0.15, -0.1) is 0 Å². The highest BCUT2D eigenvalue weighted by Crippen LogP contribution is 2.28. The number of nitrogens with one attached hydrogen (secondary N) is 1. The van der Waals surface area contributed by atoms with Crippen molar-refractivity contribution in [2.45, 2.75) is 19.9 Å². The van der Waals surface area contributed by atoms with Gasteiger partial charge in [-0.25, -0.2) is 8.78 Å². The van der Waals surface area contributed by atoms with Crippen LogP contribution in [0.25, 0.3) is 0 Å². The third-order valence-electron chi connectivity index (χ3n) is 3.38. The summed E-state index contributed by atoms with van der Waals surface area (Å²) >= 11 is 0. The molecule has 21 heavy (non-hydrogen) atoms. The molecule has 2 rings (SSSR count). The molecule has 0 fully saturated rings. The molecule has 0 amide bonds. The van der Waals surface area contributed by atoms with Crippen LogP contribution in [0.3, 0.4) is 0 Å². The van der Waals surface area contributed by atoms with E-state index in [9.17, 15) is 8.78 Å². The molecule has 4 heteroatoms. The van der Waals surface area contributed by atoms with Gasteiger partial charge >= 0.3 is 0 Å². The topological polar surface area (TPSA) is 21.3 Å². The average Bonchev–Trinajstić information content (AvgIpc) is 2.45. The predicted molar refractivity (Wildman–Crippen MR) is 79.6 cm³/mol. The van der Waals surface area contributed by atoms with Gasteiger partial charge < -0.3 is 10.1 Å². The van der Waals surface area contributed by atoms with Crippen molar-refractivity contribution in [1.29, 1.82) is 0 Å². The lowest BCUT2D eigenvalue weighted by Gasteiger charge is -2.20. The number of benzene rings is 2. The highest BCUT2D eigenvalue weighted by Gasteiger charge is 2.18. The van der Waals surface area contributed by atoms with Gasteiger partial charge in [-0.2, -0.15) is 0 Å². The van der Waals surface area contributed by atoms with Crippen molar-refractivity contribution in [3.63, 3.8) is 0 Å². The maximum atomic E-state index is 14.2. The Kier molecular flexibility index (Phi) is 4.91. The fourth-order valence-electron chi connectivity index (χ4n) is 2.34. The molecular formula is C17H19F2NO. The van der Waals surface area contributed by atoms with Crippen molar-refractivity contribution < 1.29 is 13.5 Å². The van der Waals surface area contributed by atoms with Crippen molar-refractivity contribution in [3.8, 4) is 5.75 Å². The molecule has 0 saturated heterocycles. The molecular weight excluding hydrogens is 272 g/mol. The summed E-state index contributed by atoms with van der Waals surface area (Å²) in [5.74, 6) is -0.569. The Balaban J connectivity index is 2.45. The van der Waals surface area contributed by atoms with Crippen LogP contribution < -0.4 is 10.1 Å². The third-order valence-corrected chi connectivity index (χ3v) is 3.38. The quantitative estimate of drug-likeness (QED) is 0.899. The lowest BCUT2D eigenvalue weighted by molar-refractivity contribution is 0.385. The van der Waals surface area contributed by atoms with Gasteiger partial charge in [0.2, 0.25) is 0 Å². The molecule has 2 aromatic rings. The van der Waals surface area contributed by atoms with Crippen LogP contribution in [0.15, 0.2) is 36.4 Å². The Morgan fingerprint density at radius 2 is 1.86 bits per heavy atom. The first kappa shape index (κ1) is 15.4. The van der Waals surface area contributed by atoms with Gasteiger partial charge in [0, 0.05) is 5.56 Å². The van der Waals surface area contributed by atoms with Crippen LogP contribution in [0.2, 0.25) is 0 Å². The standard InChI is InChI=1S/C17H19F2NO/c1-4-20-17(13-7-5-11(2)9-14(13)18)12-6-8-16(21-3)15(19)10-12/h5-10,17,20H,4H2,1-3H3.